The Morgan fingerprint density at radius 3 is 2.45 bits per heavy atom. The van der Waals surface area contributed by atoms with Crippen molar-refractivity contribution in [2.45, 2.75) is 78.3 Å². The smallest absolute Gasteiger partial charge is 0.412 e. The van der Waals surface area contributed by atoms with Gasteiger partial charge in [0.25, 0.3) is 5.91 Å². The zero-order valence-corrected chi connectivity index (χ0v) is 19.1. The van der Waals surface area contributed by atoms with Gasteiger partial charge in [-0.1, -0.05) is 63.9 Å². The monoisotopic (exact) mass is 426 g/mol. The minimum atomic E-state index is -0.767. The van der Waals surface area contributed by atoms with E-state index < -0.39 is 12.1 Å². The summed E-state index contributed by atoms with van der Waals surface area (Å²) < 4.78 is 5.02. The number of rotatable bonds is 7. The van der Waals surface area contributed by atoms with Crippen LogP contribution in [0.4, 0.5) is 4.79 Å². The summed E-state index contributed by atoms with van der Waals surface area (Å²) in [5, 5.41) is 12.4. The molecule has 0 bridgehead atoms. The predicted octanol–water partition coefficient (Wildman–Crippen LogP) is 4.63. The molecule has 1 atom stereocenters. The van der Waals surface area contributed by atoms with Crippen molar-refractivity contribution in [3.63, 3.8) is 0 Å². The molecule has 0 saturated heterocycles. The number of hydrogen-bond acceptors (Lipinski definition) is 5. The number of aliphatic imine (C=N–C) groups is 1. The Labute approximate surface area is 185 Å². The van der Waals surface area contributed by atoms with Gasteiger partial charge in [-0.25, -0.2) is 9.69 Å². The minimum absolute atomic E-state index is 0.000359. The summed E-state index contributed by atoms with van der Waals surface area (Å²) in [7, 11) is 0. The Bertz CT molecular complexity index is 802. The van der Waals surface area contributed by atoms with Crippen LogP contribution < -0.4 is 5.32 Å². The van der Waals surface area contributed by atoms with Gasteiger partial charge in [0.1, 0.15) is 11.9 Å². The van der Waals surface area contributed by atoms with Crippen LogP contribution in [0.25, 0.3) is 0 Å². The number of nitriles is 1. The number of nitrogens with zero attached hydrogens (tertiary/aromatic N) is 3. The van der Waals surface area contributed by atoms with Gasteiger partial charge in [-0.3, -0.25) is 15.1 Å². The minimum Gasteiger partial charge on any atom is -0.450 e. The summed E-state index contributed by atoms with van der Waals surface area (Å²) in [6.07, 6.45) is 6.41. The predicted molar refractivity (Wildman–Crippen MR) is 120 cm³/mol. The number of amidine groups is 1. The van der Waals surface area contributed by atoms with Crippen LogP contribution in [0.15, 0.2) is 35.3 Å². The van der Waals surface area contributed by atoms with E-state index in [2.05, 4.69) is 37.3 Å². The molecule has 2 rings (SSSR count). The van der Waals surface area contributed by atoms with Crippen molar-refractivity contribution in [2.75, 3.05) is 6.61 Å². The van der Waals surface area contributed by atoms with Crippen LogP contribution in [0.3, 0.4) is 0 Å². The van der Waals surface area contributed by atoms with E-state index in [4.69, 9.17) is 4.74 Å². The molecular weight excluding hydrogens is 392 g/mol. The first-order valence-corrected chi connectivity index (χ1v) is 11.0. The molecule has 0 aromatic heterocycles. The molecule has 0 aliphatic heterocycles. The largest absolute Gasteiger partial charge is 0.450 e. The maximum absolute atomic E-state index is 13.4. The van der Waals surface area contributed by atoms with Crippen molar-refractivity contribution in [3.05, 3.63) is 35.9 Å². The number of carbonyl (C=O) groups excluding carboxylic acids is 2. The second-order valence-electron chi connectivity index (χ2n) is 9.05. The molecule has 7 nitrogen and oxygen atoms in total. The normalized spacial score (nSPS) is 15.8. The number of nitrogens with one attached hydrogen (secondary N) is 1. The highest BCUT2D eigenvalue weighted by Crippen LogP contribution is 2.27. The summed E-state index contributed by atoms with van der Waals surface area (Å²) in [4.78, 5) is 31.5. The summed E-state index contributed by atoms with van der Waals surface area (Å²) >= 11 is 0. The van der Waals surface area contributed by atoms with E-state index in [1.165, 1.54) is 4.90 Å². The molecule has 1 saturated carbocycles. The molecule has 2 amide bonds. The van der Waals surface area contributed by atoms with Gasteiger partial charge in [0.05, 0.1) is 6.61 Å². The molecule has 1 aromatic carbocycles. The number of ether oxygens (including phenoxy) is 1. The fourth-order valence-corrected chi connectivity index (χ4v) is 3.64. The molecule has 31 heavy (non-hydrogen) atoms. The Morgan fingerprint density at radius 1 is 1.26 bits per heavy atom. The lowest BCUT2D eigenvalue weighted by atomic mass is 9.88. The summed E-state index contributed by atoms with van der Waals surface area (Å²) in [6, 6.07) is 8.34. The first-order chi connectivity index (χ1) is 14.7. The van der Waals surface area contributed by atoms with Crippen molar-refractivity contribution in [1.82, 2.24) is 10.2 Å². The van der Waals surface area contributed by atoms with Gasteiger partial charge in [-0.2, -0.15) is 5.26 Å². The lowest BCUT2D eigenvalue weighted by Crippen LogP contribution is -2.42. The van der Waals surface area contributed by atoms with Crippen LogP contribution in [0, 0.1) is 16.9 Å². The van der Waals surface area contributed by atoms with E-state index >= 15 is 0 Å². The van der Waals surface area contributed by atoms with Gasteiger partial charge in [0.15, 0.2) is 6.19 Å². The topological polar surface area (TPSA) is 94.8 Å². The standard InChI is InChI=1S/C24H34N4O3/c1-5-31-23(30)27-21(18-11-7-6-8-12-18)26-20(15-16-24(2,3)4)22(29)28(17-25)19-13-9-10-14-19/h6-8,11-12,19-20H,5,9-10,13-16H2,1-4H3,(H,26,27,30). The molecule has 1 fully saturated rings. The fourth-order valence-electron chi connectivity index (χ4n) is 3.64. The van der Waals surface area contributed by atoms with Crippen LogP contribution >= 0.6 is 0 Å². The highest BCUT2D eigenvalue weighted by atomic mass is 16.5. The van der Waals surface area contributed by atoms with Gasteiger partial charge in [-0.15, -0.1) is 0 Å². The van der Waals surface area contributed by atoms with Gasteiger partial charge in [-0.05, 0) is 38.0 Å². The van der Waals surface area contributed by atoms with E-state index in [1.807, 2.05) is 30.3 Å². The van der Waals surface area contributed by atoms with Crippen molar-refractivity contribution < 1.29 is 14.3 Å². The summed E-state index contributed by atoms with van der Waals surface area (Å²) in [5.41, 5.74) is 0.675. The van der Waals surface area contributed by atoms with Crippen molar-refractivity contribution in [1.29, 1.82) is 5.26 Å². The Balaban J connectivity index is 2.39. The quantitative estimate of drug-likeness (QED) is 0.298. The Kier molecular flexibility index (Phi) is 9.04. The van der Waals surface area contributed by atoms with Crippen molar-refractivity contribution in [2.24, 2.45) is 10.4 Å². The first kappa shape index (κ1) is 24.4. The Morgan fingerprint density at radius 2 is 1.90 bits per heavy atom. The molecule has 0 heterocycles. The third-order valence-electron chi connectivity index (χ3n) is 5.32. The molecule has 7 heteroatoms. The van der Waals surface area contributed by atoms with Gasteiger partial charge < -0.3 is 4.74 Å². The molecule has 1 aromatic rings. The highest BCUT2D eigenvalue weighted by molar-refractivity contribution is 6.07. The Hall–Kier alpha value is -2.88. The van der Waals surface area contributed by atoms with E-state index in [-0.39, 0.29) is 29.8 Å². The molecular formula is C24H34N4O3. The van der Waals surface area contributed by atoms with Crippen LogP contribution in [0.5, 0.6) is 0 Å². The number of hydrogen-bond donors (Lipinski definition) is 1. The lowest BCUT2D eigenvalue weighted by Gasteiger charge is -2.26. The van der Waals surface area contributed by atoms with Crippen LogP contribution in [0.2, 0.25) is 0 Å². The second kappa shape index (κ2) is 11.5. The van der Waals surface area contributed by atoms with E-state index in [9.17, 15) is 14.9 Å². The summed E-state index contributed by atoms with van der Waals surface area (Å²) in [6.45, 7) is 8.26. The molecule has 1 unspecified atom stereocenters. The average Bonchev–Trinajstić information content (AvgIpc) is 3.25. The number of amides is 2. The van der Waals surface area contributed by atoms with E-state index in [0.717, 1.165) is 32.1 Å². The first-order valence-electron chi connectivity index (χ1n) is 11.0. The zero-order valence-electron chi connectivity index (χ0n) is 19.1. The molecule has 0 spiro atoms. The van der Waals surface area contributed by atoms with Gasteiger partial charge in [0.2, 0.25) is 0 Å². The zero-order chi connectivity index (χ0) is 22.9. The van der Waals surface area contributed by atoms with Gasteiger partial charge in [0, 0.05) is 11.6 Å². The number of benzene rings is 1. The third-order valence-corrected chi connectivity index (χ3v) is 5.32. The summed E-state index contributed by atoms with van der Waals surface area (Å²) in [5.74, 6) is -0.0339. The average molecular weight is 427 g/mol. The number of alkyl carbamates (subject to hydrolysis) is 1. The maximum Gasteiger partial charge on any atom is 0.412 e. The van der Waals surface area contributed by atoms with Gasteiger partial charge >= 0.3 is 6.09 Å². The highest BCUT2D eigenvalue weighted by Gasteiger charge is 2.33. The number of carbonyl (C=O) groups is 2. The van der Waals surface area contributed by atoms with E-state index in [1.54, 1.807) is 6.92 Å². The van der Waals surface area contributed by atoms with Crippen molar-refractivity contribution >= 4 is 17.8 Å². The third kappa shape index (κ3) is 7.71. The maximum atomic E-state index is 13.4. The second-order valence-corrected chi connectivity index (χ2v) is 9.05. The molecule has 1 aliphatic carbocycles. The van der Waals surface area contributed by atoms with Crippen LogP contribution in [-0.2, 0) is 9.53 Å². The van der Waals surface area contributed by atoms with Crippen molar-refractivity contribution in [3.8, 4) is 6.19 Å². The lowest BCUT2D eigenvalue weighted by molar-refractivity contribution is -0.131. The molecule has 0 radical (unpaired) electrons. The van der Waals surface area contributed by atoms with E-state index in [0.29, 0.717) is 12.0 Å². The fraction of sp³-hybridized carbons (Fsp3) is 0.583. The SMILES string of the molecule is CCOC(=O)NC(=NC(CCC(C)(C)C)C(=O)N(C#N)C1CCCC1)c1ccccc1. The van der Waals surface area contributed by atoms with Crippen LogP contribution in [-0.4, -0.2) is 41.4 Å². The molecule has 168 valence electrons. The molecule has 1 aliphatic rings. The molecule has 1 N–H and O–H groups in total. The van der Waals surface area contributed by atoms with Crippen LogP contribution in [0.1, 0.15) is 71.8 Å².